The van der Waals surface area contributed by atoms with E-state index in [2.05, 4.69) is 20.0 Å². The molecule has 2 N–H and O–H groups in total. The number of H-pyrrole nitrogens is 1. The van der Waals surface area contributed by atoms with Crippen molar-refractivity contribution in [3.8, 4) is 5.88 Å². The Bertz CT molecular complexity index is 978. The highest BCUT2D eigenvalue weighted by Gasteiger charge is 2.28. The van der Waals surface area contributed by atoms with Crippen LogP contribution >= 0.6 is 0 Å². The van der Waals surface area contributed by atoms with Gasteiger partial charge in [-0.05, 0) is 30.2 Å². The highest BCUT2D eigenvalue weighted by atomic mass is 19.4. The minimum atomic E-state index is -4.42. The number of carbonyl (C=O) groups excluding carboxylic acids is 1. The molecule has 1 atom stereocenters. The van der Waals surface area contributed by atoms with E-state index in [9.17, 15) is 18.0 Å². The molecule has 0 aliphatic heterocycles. The second-order valence-electron chi connectivity index (χ2n) is 6.19. The number of para-hydroxylation sites is 1. The lowest BCUT2D eigenvalue weighted by Crippen LogP contribution is -2.24. The molecule has 1 aromatic carbocycles. The number of halogens is 3. The smallest absolute Gasteiger partial charge is 0.422 e. The van der Waals surface area contributed by atoms with E-state index in [0.717, 1.165) is 16.5 Å². The fraction of sp³-hybridized carbons (Fsp3) is 0.200. The number of carbonyl (C=O) groups is 1. The quantitative estimate of drug-likeness (QED) is 0.615. The van der Waals surface area contributed by atoms with Crippen LogP contribution in [0.1, 0.15) is 24.1 Å². The normalized spacial score (nSPS) is 13.0. The fourth-order valence-electron chi connectivity index (χ4n) is 2.63. The molecule has 0 spiro atoms. The Morgan fingerprint density at radius 2 is 2.07 bits per heavy atom. The molecule has 0 aliphatic rings. The number of fused-ring (bicyclic) bond motifs is 1. The third-order valence-electron chi connectivity index (χ3n) is 4.04. The van der Waals surface area contributed by atoms with Crippen molar-refractivity contribution in [1.82, 2.24) is 15.3 Å². The Balaban J connectivity index is 1.58. The number of pyridine rings is 1. The number of nitrogens with one attached hydrogen (secondary N) is 2. The minimum absolute atomic E-state index is 0.126. The van der Waals surface area contributed by atoms with Gasteiger partial charge in [-0.2, -0.15) is 13.2 Å². The van der Waals surface area contributed by atoms with Gasteiger partial charge in [-0.15, -0.1) is 0 Å². The van der Waals surface area contributed by atoms with Crippen LogP contribution in [0.2, 0.25) is 0 Å². The molecule has 0 radical (unpaired) electrons. The molecular weight excluding hydrogens is 371 g/mol. The molecule has 28 heavy (non-hydrogen) atoms. The van der Waals surface area contributed by atoms with Crippen molar-refractivity contribution >= 4 is 22.9 Å². The first-order valence-corrected chi connectivity index (χ1v) is 8.52. The average Bonchev–Trinajstić information content (AvgIpc) is 3.08. The number of alkyl halides is 3. The van der Waals surface area contributed by atoms with Crippen LogP contribution in [0.3, 0.4) is 0 Å². The number of aromatic amines is 1. The lowest BCUT2D eigenvalue weighted by atomic mass is 10.1. The highest BCUT2D eigenvalue weighted by Crippen LogP contribution is 2.20. The van der Waals surface area contributed by atoms with E-state index in [1.165, 1.54) is 18.3 Å². The van der Waals surface area contributed by atoms with Gasteiger partial charge in [0.25, 0.3) is 0 Å². The van der Waals surface area contributed by atoms with Crippen LogP contribution in [0, 0.1) is 0 Å². The molecule has 0 saturated heterocycles. The van der Waals surface area contributed by atoms with E-state index in [-0.39, 0.29) is 17.8 Å². The zero-order valence-electron chi connectivity index (χ0n) is 15.0. The molecule has 1 unspecified atom stereocenters. The van der Waals surface area contributed by atoms with Gasteiger partial charge in [0.1, 0.15) is 0 Å². The van der Waals surface area contributed by atoms with Gasteiger partial charge in [-0.25, -0.2) is 4.98 Å². The third-order valence-corrected chi connectivity index (χ3v) is 4.04. The summed E-state index contributed by atoms with van der Waals surface area (Å²) in [4.78, 5) is 19.1. The van der Waals surface area contributed by atoms with Gasteiger partial charge in [0.15, 0.2) is 6.61 Å². The second kappa shape index (κ2) is 8.16. The molecule has 2 aromatic heterocycles. The maximum absolute atomic E-state index is 12.2. The number of nitrogens with zero attached hydrogens (tertiary/aromatic N) is 1. The van der Waals surface area contributed by atoms with Gasteiger partial charge in [-0.1, -0.05) is 24.3 Å². The third kappa shape index (κ3) is 5.12. The molecule has 8 heteroatoms. The molecule has 1 amide bonds. The van der Waals surface area contributed by atoms with Crippen LogP contribution in [0.4, 0.5) is 13.2 Å². The predicted molar refractivity (Wildman–Crippen MR) is 99.7 cm³/mol. The van der Waals surface area contributed by atoms with Crippen LogP contribution < -0.4 is 10.1 Å². The first-order valence-electron chi connectivity index (χ1n) is 8.52. The van der Waals surface area contributed by atoms with Crippen molar-refractivity contribution in [1.29, 1.82) is 0 Å². The maximum Gasteiger partial charge on any atom is 0.422 e. The summed E-state index contributed by atoms with van der Waals surface area (Å²) in [7, 11) is 0. The zero-order valence-corrected chi connectivity index (χ0v) is 15.0. The van der Waals surface area contributed by atoms with Gasteiger partial charge in [0.2, 0.25) is 11.8 Å². The van der Waals surface area contributed by atoms with E-state index in [1.807, 2.05) is 30.5 Å². The van der Waals surface area contributed by atoms with E-state index in [1.54, 1.807) is 19.1 Å². The summed E-state index contributed by atoms with van der Waals surface area (Å²) in [6, 6.07) is 10.3. The van der Waals surface area contributed by atoms with E-state index < -0.39 is 12.8 Å². The summed E-state index contributed by atoms with van der Waals surface area (Å²) in [6.45, 7) is 0.356. The van der Waals surface area contributed by atoms with Crippen molar-refractivity contribution in [2.24, 2.45) is 0 Å². The summed E-state index contributed by atoms with van der Waals surface area (Å²) >= 11 is 0. The number of amides is 1. The molecule has 0 saturated carbocycles. The van der Waals surface area contributed by atoms with Crippen LogP contribution in [-0.2, 0) is 4.79 Å². The second-order valence-corrected chi connectivity index (χ2v) is 6.19. The molecule has 2 heterocycles. The number of aromatic nitrogens is 2. The Morgan fingerprint density at radius 1 is 1.29 bits per heavy atom. The van der Waals surface area contributed by atoms with Crippen molar-refractivity contribution < 1.29 is 22.7 Å². The average molecular weight is 389 g/mol. The van der Waals surface area contributed by atoms with E-state index >= 15 is 0 Å². The number of ether oxygens (including phenoxy) is 1. The number of hydrogen-bond acceptors (Lipinski definition) is 3. The Kier molecular flexibility index (Phi) is 5.67. The highest BCUT2D eigenvalue weighted by molar-refractivity contribution is 5.96. The van der Waals surface area contributed by atoms with Gasteiger partial charge >= 0.3 is 6.18 Å². The summed E-state index contributed by atoms with van der Waals surface area (Å²) in [5.74, 6) is -0.422. The van der Waals surface area contributed by atoms with Crippen molar-refractivity contribution in [3.05, 3.63) is 66.0 Å². The van der Waals surface area contributed by atoms with Crippen molar-refractivity contribution in [3.63, 3.8) is 0 Å². The first kappa shape index (κ1) is 19.5. The molecule has 3 rings (SSSR count). The molecule has 0 bridgehead atoms. The standard InChI is InChI=1S/C20H18F3N3O2/c1-13(14-7-9-19(25-10-14)28-12-20(21,22)23)26-18(27)8-6-15-11-24-17-5-3-2-4-16(15)17/h2-11,13,24H,12H2,1H3,(H,26,27)/b8-6+. The van der Waals surface area contributed by atoms with Crippen LogP contribution in [0.25, 0.3) is 17.0 Å². The van der Waals surface area contributed by atoms with Crippen LogP contribution in [0.15, 0.2) is 54.9 Å². The van der Waals surface area contributed by atoms with E-state index in [0.29, 0.717) is 5.56 Å². The lowest BCUT2D eigenvalue weighted by molar-refractivity contribution is -0.154. The number of hydrogen-bond donors (Lipinski definition) is 2. The summed E-state index contributed by atoms with van der Waals surface area (Å²) < 4.78 is 41.0. The van der Waals surface area contributed by atoms with Gasteiger partial charge in [-0.3, -0.25) is 4.79 Å². The minimum Gasteiger partial charge on any atom is -0.468 e. The van der Waals surface area contributed by atoms with Crippen LogP contribution in [0.5, 0.6) is 5.88 Å². The van der Waals surface area contributed by atoms with Gasteiger partial charge in [0.05, 0.1) is 6.04 Å². The first-order chi connectivity index (χ1) is 13.3. The number of benzene rings is 1. The topological polar surface area (TPSA) is 67.0 Å². The van der Waals surface area contributed by atoms with Crippen molar-refractivity contribution in [2.45, 2.75) is 19.1 Å². The largest absolute Gasteiger partial charge is 0.468 e. The lowest BCUT2D eigenvalue weighted by Gasteiger charge is -2.13. The van der Waals surface area contributed by atoms with E-state index in [4.69, 9.17) is 0 Å². The molecule has 0 aliphatic carbocycles. The molecule has 5 nitrogen and oxygen atoms in total. The number of rotatable bonds is 6. The van der Waals surface area contributed by atoms with Crippen molar-refractivity contribution in [2.75, 3.05) is 6.61 Å². The predicted octanol–water partition coefficient (Wildman–Crippen LogP) is 4.39. The summed E-state index contributed by atoms with van der Waals surface area (Å²) in [5, 5.41) is 3.80. The summed E-state index contributed by atoms with van der Waals surface area (Å²) in [6.07, 6.45) is 1.92. The van der Waals surface area contributed by atoms with Crippen LogP contribution in [-0.4, -0.2) is 28.7 Å². The Hall–Kier alpha value is -3.29. The Labute approximate surface area is 159 Å². The molecular formula is C20H18F3N3O2. The van der Waals surface area contributed by atoms with Gasteiger partial charge in [0, 0.05) is 35.4 Å². The maximum atomic E-state index is 12.2. The van der Waals surface area contributed by atoms with Gasteiger partial charge < -0.3 is 15.0 Å². The monoisotopic (exact) mass is 389 g/mol. The Morgan fingerprint density at radius 3 is 2.79 bits per heavy atom. The zero-order chi connectivity index (χ0) is 20.1. The molecule has 0 fully saturated rings. The fourth-order valence-corrected chi connectivity index (χ4v) is 2.63. The molecule has 3 aromatic rings. The summed E-state index contributed by atoms with van der Waals surface area (Å²) in [5.41, 5.74) is 2.52. The SMILES string of the molecule is CC(NC(=O)/C=C/c1c[nH]c2ccccc12)c1ccc(OCC(F)(F)F)nc1. The molecule has 146 valence electrons.